The number of ketones is 1. The number of carboxylic acids is 1. The minimum Gasteiger partial charge on any atom is -0.481 e. The van der Waals surface area contributed by atoms with Crippen molar-refractivity contribution in [1.82, 2.24) is 0 Å². The number of unbranched alkanes of at least 4 members (excludes halogenated alkanes) is 1. The van der Waals surface area contributed by atoms with Gasteiger partial charge in [0.1, 0.15) is 5.78 Å². The minimum atomic E-state index is -0.721. The van der Waals surface area contributed by atoms with Gasteiger partial charge in [0.05, 0.1) is 0 Å². The van der Waals surface area contributed by atoms with E-state index in [4.69, 9.17) is 5.11 Å². The smallest absolute Gasteiger partial charge is 0.303 e. The molecule has 1 aliphatic rings. The number of carbonyl (C=O) groups excluding carboxylic acids is 1. The highest BCUT2D eigenvalue weighted by atomic mass is 16.4. The first-order chi connectivity index (χ1) is 9.15. The highest BCUT2D eigenvalue weighted by molar-refractivity contribution is 5.81. The summed E-state index contributed by atoms with van der Waals surface area (Å²) in [7, 11) is 0. The van der Waals surface area contributed by atoms with E-state index in [9.17, 15) is 9.59 Å². The van der Waals surface area contributed by atoms with Crippen LogP contribution in [0.1, 0.15) is 55.6 Å². The summed E-state index contributed by atoms with van der Waals surface area (Å²) in [4.78, 5) is 21.7. The maximum atomic E-state index is 11.3. The van der Waals surface area contributed by atoms with E-state index in [0.717, 1.165) is 32.1 Å². The van der Waals surface area contributed by atoms with Crippen LogP contribution < -0.4 is 0 Å². The number of rotatable bonds is 6. The second-order valence-corrected chi connectivity index (χ2v) is 5.32. The van der Waals surface area contributed by atoms with Crippen molar-refractivity contribution in [3.8, 4) is 0 Å². The monoisotopic (exact) mass is 260 g/mol. The molecule has 1 N–H and O–H groups in total. The number of aryl methyl sites for hydroxylation is 1. The largest absolute Gasteiger partial charge is 0.481 e. The van der Waals surface area contributed by atoms with Crippen LogP contribution in [0.3, 0.4) is 0 Å². The Morgan fingerprint density at radius 2 is 1.95 bits per heavy atom. The van der Waals surface area contributed by atoms with E-state index in [0.29, 0.717) is 18.1 Å². The van der Waals surface area contributed by atoms with Gasteiger partial charge in [0.15, 0.2) is 0 Å². The van der Waals surface area contributed by atoms with E-state index < -0.39 is 5.97 Å². The third-order valence-electron chi connectivity index (χ3n) is 3.80. The molecular formula is C16H20O3. The van der Waals surface area contributed by atoms with Crippen molar-refractivity contribution in [1.29, 1.82) is 0 Å². The molecule has 1 atom stereocenters. The maximum Gasteiger partial charge on any atom is 0.303 e. The van der Waals surface area contributed by atoms with E-state index in [2.05, 4.69) is 24.3 Å². The second kappa shape index (κ2) is 6.50. The number of hydrogen-bond donors (Lipinski definition) is 1. The quantitative estimate of drug-likeness (QED) is 0.798. The Bertz CT molecular complexity index is 448. The first kappa shape index (κ1) is 13.8. The van der Waals surface area contributed by atoms with Crippen molar-refractivity contribution in [3.05, 3.63) is 35.4 Å². The molecule has 1 aromatic rings. The standard InChI is InChI=1S/C16H20O3/c17-15-10-9-14(11-15)13-7-5-12(6-8-13)3-1-2-4-16(18)19/h5-8,14H,1-4,9-11H2,(H,18,19)/t14-/m0/s1. The molecule has 0 aromatic heterocycles. The highest BCUT2D eigenvalue weighted by Gasteiger charge is 2.23. The second-order valence-electron chi connectivity index (χ2n) is 5.32. The third kappa shape index (κ3) is 4.19. The Kier molecular flexibility index (Phi) is 4.72. The summed E-state index contributed by atoms with van der Waals surface area (Å²) in [5, 5.41) is 8.56. The van der Waals surface area contributed by atoms with Crippen LogP contribution in [0.5, 0.6) is 0 Å². The summed E-state index contributed by atoms with van der Waals surface area (Å²) in [6.45, 7) is 0. The average molecular weight is 260 g/mol. The summed E-state index contributed by atoms with van der Waals surface area (Å²) < 4.78 is 0. The lowest BCUT2D eigenvalue weighted by Crippen LogP contribution is -1.96. The Morgan fingerprint density at radius 3 is 2.53 bits per heavy atom. The summed E-state index contributed by atoms with van der Waals surface area (Å²) in [5.74, 6) is 0.0672. The fraction of sp³-hybridized carbons (Fsp3) is 0.500. The molecule has 1 saturated carbocycles. The zero-order valence-corrected chi connectivity index (χ0v) is 11.1. The van der Waals surface area contributed by atoms with E-state index in [-0.39, 0.29) is 6.42 Å². The summed E-state index contributed by atoms with van der Waals surface area (Å²) in [5.41, 5.74) is 2.51. The Labute approximate surface area is 113 Å². The zero-order chi connectivity index (χ0) is 13.7. The van der Waals surface area contributed by atoms with Crippen LogP contribution in [0.25, 0.3) is 0 Å². The lowest BCUT2D eigenvalue weighted by Gasteiger charge is -2.09. The van der Waals surface area contributed by atoms with Crippen molar-refractivity contribution in [2.75, 3.05) is 0 Å². The number of aliphatic carboxylic acids is 1. The predicted octanol–water partition coefficient (Wildman–Crippen LogP) is 3.32. The molecule has 0 saturated heterocycles. The number of Topliss-reactive ketones (excluding diaryl/α,β-unsaturated/α-hetero) is 1. The number of hydrogen-bond acceptors (Lipinski definition) is 2. The molecule has 1 fully saturated rings. The van der Waals surface area contributed by atoms with Crippen LogP contribution in [0.15, 0.2) is 24.3 Å². The number of carboxylic acid groups (broad SMARTS) is 1. The molecule has 0 bridgehead atoms. The van der Waals surface area contributed by atoms with Crippen LogP contribution in [-0.2, 0) is 16.0 Å². The van der Waals surface area contributed by atoms with Gasteiger partial charge in [0, 0.05) is 19.3 Å². The molecule has 1 aliphatic carbocycles. The van der Waals surface area contributed by atoms with Gasteiger partial charge in [-0.15, -0.1) is 0 Å². The molecule has 0 heterocycles. The average Bonchev–Trinajstić information content (AvgIpc) is 2.82. The zero-order valence-electron chi connectivity index (χ0n) is 11.1. The fourth-order valence-corrected chi connectivity index (χ4v) is 2.66. The van der Waals surface area contributed by atoms with Crippen LogP contribution >= 0.6 is 0 Å². The molecular weight excluding hydrogens is 240 g/mol. The summed E-state index contributed by atoms with van der Waals surface area (Å²) in [6.07, 6.45) is 5.22. The Hall–Kier alpha value is -1.64. The van der Waals surface area contributed by atoms with Crippen molar-refractivity contribution < 1.29 is 14.7 Å². The Balaban J connectivity index is 1.81. The first-order valence-electron chi connectivity index (χ1n) is 6.97. The molecule has 3 heteroatoms. The molecule has 0 unspecified atom stereocenters. The van der Waals surface area contributed by atoms with Gasteiger partial charge in [-0.1, -0.05) is 24.3 Å². The van der Waals surface area contributed by atoms with Crippen LogP contribution in [-0.4, -0.2) is 16.9 Å². The van der Waals surface area contributed by atoms with Crippen LogP contribution in [0.2, 0.25) is 0 Å². The molecule has 102 valence electrons. The predicted molar refractivity (Wildman–Crippen MR) is 73.2 cm³/mol. The summed E-state index contributed by atoms with van der Waals surface area (Å²) in [6, 6.07) is 8.46. The number of benzene rings is 1. The van der Waals surface area contributed by atoms with E-state index >= 15 is 0 Å². The molecule has 3 nitrogen and oxygen atoms in total. The molecule has 0 amide bonds. The number of carbonyl (C=O) groups is 2. The molecule has 19 heavy (non-hydrogen) atoms. The topological polar surface area (TPSA) is 54.4 Å². The van der Waals surface area contributed by atoms with Crippen molar-refractivity contribution in [2.24, 2.45) is 0 Å². The third-order valence-corrected chi connectivity index (χ3v) is 3.80. The Morgan fingerprint density at radius 1 is 1.21 bits per heavy atom. The van der Waals surface area contributed by atoms with Gasteiger partial charge in [0.25, 0.3) is 0 Å². The molecule has 0 radical (unpaired) electrons. The van der Waals surface area contributed by atoms with Crippen molar-refractivity contribution in [3.63, 3.8) is 0 Å². The van der Waals surface area contributed by atoms with E-state index in [1.165, 1.54) is 11.1 Å². The summed E-state index contributed by atoms with van der Waals surface area (Å²) >= 11 is 0. The van der Waals surface area contributed by atoms with Gasteiger partial charge in [-0.05, 0) is 42.7 Å². The minimum absolute atomic E-state index is 0.252. The van der Waals surface area contributed by atoms with Gasteiger partial charge in [-0.2, -0.15) is 0 Å². The van der Waals surface area contributed by atoms with Gasteiger partial charge < -0.3 is 5.11 Å². The van der Waals surface area contributed by atoms with E-state index in [1.807, 2.05) is 0 Å². The van der Waals surface area contributed by atoms with Crippen LogP contribution in [0, 0.1) is 0 Å². The molecule has 2 rings (SSSR count). The maximum absolute atomic E-state index is 11.3. The molecule has 0 spiro atoms. The normalized spacial score (nSPS) is 18.7. The molecule has 1 aromatic carbocycles. The van der Waals surface area contributed by atoms with Crippen molar-refractivity contribution >= 4 is 11.8 Å². The van der Waals surface area contributed by atoms with Gasteiger partial charge in [-0.3, -0.25) is 9.59 Å². The van der Waals surface area contributed by atoms with Gasteiger partial charge >= 0.3 is 5.97 Å². The first-order valence-corrected chi connectivity index (χ1v) is 6.97. The lowest BCUT2D eigenvalue weighted by molar-refractivity contribution is -0.137. The SMILES string of the molecule is O=C(O)CCCCc1ccc([C@H]2CCC(=O)C2)cc1. The van der Waals surface area contributed by atoms with Gasteiger partial charge in [0.2, 0.25) is 0 Å². The van der Waals surface area contributed by atoms with Gasteiger partial charge in [-0.25, -0.2) is 0 Å². The van der Waals surface area contributed by atoms with Crippen LogP contribution in [0.4, 0.5) is 0 Å². The van der Waals surface area contributed by atoms with E-state index in [1.54, 1.807) is 0 Å². The van der Waals surface area contributed by atoms with Crippen molar-refractivity contribution in [2.45, 2.75) is 50.9 Å². The fourth-order valence-electron chi connectivity index (χ4n) is 2.66. The highest BCUT2D eigenvalue weighted by Crippen LogP contribution is 2.32. The molecule has 0 aliphatic heterocycles. The lowest BCUT2D eigenvalue weighted by atomic mass is 9.95.